The predicted octanol–water partition coefficient (Wildman–Crippen LogP) is 2.15. The highest BCUT2D eigenvalue weighted by atomic mass is 35.5. The second-order valence-corrected chi connectivity index (χ2v) is 3.01. The molecule has 1 aromatic heterocycles. The molecule has 0 spiro atoms. The summed E-state index contributed by atoms with van der Waals surface area (Å²) in [5, 5.41) is 3.95. The summed E-state index contributed by atoms with van der Waals surface area (Å²) < 4.78 is 14.4. The third kappa shape index (κ3) is 1.61. The van der Waals surface area contributed by atoms with Crippen molar-refractivity contribution >= 4 is 11.6 Å². The van der Waals surface area contributed by atoms with Crippen molar-refractivity contribution in [3.05, 3.63) is 42.2 Å². The van der Waals surface area contributed by atoms with Gasteiger partial charge in [-0.2, -0.15) is 5.10 Å². The van der Waals surface area contributed by atoms with Crippen LogP contribution < -0.4 is 0 Å². The van der Waals surface area contributed by atoms with Gasteiger partial charge in [0.15, 0.2) is 0 Å². The first-order valence-corrected chi connectivity index (χ1v) is 4.54. The van der Waals surface area contributed by atoms with Crippen molar-refractivity contribution in [3.63, 3.8) is 0 Å². The lowest BCUT2D eigenvalue weighted by Gasteiger charge is -2.05. The van der Waals surface area contributed by atoms with Crippen molar-refractivity contribution in [1.82, 2.24) is 14.8 Å². The molecule has 5 heteroatoms. The summed E-state index contributed by atoms with van der Waals surface area (Å²) in [6.45, 7) is 0. The fraction of sp³-hybridized carbons (Fsp3) is 0.111. The summed E-state index contributed by atoms with van der Waals surface area (Å²) in [5.74, 6) is -0.0584. The number of aromatic nitrogens is 3. The van der Waals surface area contributed by atoms with Crippen LogP contribution in [0.4, 0.5) is 4.39 Å². The lowest BCUT2D eigenvalue weighted by Crippen LogP contribution is -1.99. The summed E-state index contributed by atoms with van der Waals surface area (Å²) >= 11 is 5.69. The average Bonchev–Trinajstić information content (AvgIpc) is 2.70. The molecule has 0 fully saturated rings. The van der Waals surface area contributed by atoms with Crippen LogP contribution in [0.1, 0.15) is 5.56 Å². The number of alkyl halides is 1. The Hall–Kier alpha value is -1.42. The van der Waals surface area contributed by atoms with Gasteiger partial charge < -0.3 is 0 Å². The molecule has 1 heterocycles. The van der Waals surface area contributed by atoms with Gasteiger partial charge in [0.2, 0.25) is 0 Å². The first kappa shape index (κ1) is 9.15. The van der Waals surface area contributed by atoms with Crippen LogP contribution in [-0.2, 0) is 5.88 Å². The van der Waals surface area contributed by atoms with Crippen LogP contribution in [0, 0.1) is 5.82 Å². The quantitative estimate of drug-likeness (QED) is 0.713. The maximum absolute atomic E-state index is 12.9. The van der Waals surface area contributed by atoms with E-state index < -0.39 is 0 Å². The summed E-state index contributed by atoms with van der Waals surface area (Å²) in [4.78, 5) is 3.81. The number of halogens is 2. The van der Waals surface area contributed by atoms with Crippen molar-refractivity contribution in [2.45, 2.75) is 5.88 Å². The Morgan fingerprint density at radius 2 is 2.29 bits per heavy atom. The third-order valence-corrected chi connectivity index (χ3v) is 2.14. The number of hydrogen-bond donors (Lipinski definition) is 0. The Balaban J connectivity index is 2.53. The number of hydrogen-bond acceptors (Lipinski definition) is 2. The molecule has 0 amide bonds. The van der Waals surface area contributed by atoms with E-state index in [1.165, 1.54) is 18.5 Å². The van der Waals surface area contributed by atoms with Gasteiger partial charge in [-0.3, -0.25) is 0 Å². The minimum absolute atomic E-state index is 0.243. The highest BCUT2D eigenvalue weighted by Crippen LogP contribution is 2.16. The van der Waals surface area contributed by atoms with Gasteiger partial charge in [0.25, 0.3) is 0 Å². The Labute approximate surface area is 85.1 Å². The summed E-state index contributed by atoms with van der Waals surface area (Å²) in [7, 11) is 0. The summed E-state index contributed by atoms with van der Waals surface area (Å²) in [5.41, 5.74) is 1.44. The molecule has 0 aliphatic rings. The van der Waals surface area contributed by atoms with Gasteiger partial charge in [-0.05, 0) is 23.8 Å². The van der Waals surface area contributed by atoms with Gasteiger partial charge in [-0.1, -0.05) is 0 Å². The standard InChI is InChI=1S/C9H7ClFN3/c10-4-7-3-8(11)1-2-9(7)14-6-12-5-13-14/h1-3,5-6H,4H2. The van der Waals surface area contributed by atoms with E-state index >= 15 is 0 Å². The van der Waals surface area contributed by atoms with Crippen LogP contribution in [0.2, 0.25) is 0 Å². The molecule has 0 N–H and O–H groups in total. The van der Waals surface area contributed by atoms with Crippen molar-refractivity contribution in [2.24, 2.45) is 0 Å². The van der Waals surface area contributed by atoms with E-state index in [1.54, 1.807) is 17.1 Å². The van der Waals surface area contributed by atoms with E-state index in [0.29, 0.717) is 5.56 Å². The molecule has 0 bridgehead atoms. The first-order chi connectivity index (χ1) is 6.81. The van der Waals surface area contributed by atoms with E-state index in [9.17, 15) is 4.39 Å². The molecule has 1 aromatic carbocycles. The van der Waals surface area contributed by atoms with Crippen LogP contribution in [0.3, 0.4) is 0 Å². The van der Waals surface area contributed by atoms with Gasteiger partial charge in [0.05, 0.1) is 5.69 Å². The van der Waals surface area contributed by atoms with E-state index in [4.69, 9.17) is 11.6 Å². The number of benzene rings is 1. The maximum Gasteiger partial charge on any atom is 0.138 e. The molecule has 0 aliphatic carbocycles. The van der Waals surface area contributed by atoms with Gasteiger partial charge in [-0.25, -0.2) is 14.1 Å². The van der Waals surface area contributed by atoms with Gasteiger partial charge in [-0.15, -0.1) is 11.6 Å². The van der Waals surface area contributed by atoms with Crippen LogP contribution in [0.25, 0.3) is 5.69 Å². The smallest absolute Gasteiger partial charge is 0.138 e. The summed E-state index contributed by atoms with van der Waals surface area (Å²) in [6.07, 6.45) is 2.96. The Kier molecular flexibility index (Phi) is 2.45. The van der Waals surface area contributed by atoms with E-state index in [0.717, 1.165) is 5.69 Å². The largest absolute Gasteiger partial charge is 0.223 e. The molecule has 2 rings (SSSR count). The molecule has 0 radical (unpaired) electrons. The molecule has 0 unspecified atom stereocenters. The molecule has 3 nitrogen and oxygen atoms in total. The molecular formula is C9H7ClFN3. The Morgan fingerprint density at radius 3 is 2.93 bits per heavy atom. The normalized spacial score (nSPS) is 10.4. The van der Waals surface area contributed by atoms with Crippen molar-refractivity contribution in [1.29, 1.82) is 0 Å². The molecule has 2 aromatic rings. The van der Waals surface area contributed by atoms with Crippen molar-refractivity contribution < 1.29 is 4.39 Å². The monoisotopic (exact) mass is 211 g/mol. The molecule has 14 heavy (non-hydrogen) atoms. The van der Waals surface area contributed by atoms with Gasteiger partial charge >= 0.3 is 0 Å². The fourth-order valence-corrected chi connectivity index (χ4v) is 1.43. The average molecular weight is 212 g/mol. The predicted molar refractivity (Wildman–Crippen MR) is 50.9 cm³/mol. The zero-order valence-corrected chi connectivity index (χ0v) is 7.95. The third-order valence-electron chi connectivity index (χ3n) is 1.85. The molecule has 0 saturated carbocycles. The van der Waals surface area contributed by atoms with Crippen LogP contribution >= 0.6 is 11.6 Å². The van der Waals surface area contributed by atoms with Crippen LogP contribution in [0.15, 0.2) is 30.9 Å². The van der Waals surface area contributed by atoms with Crippen molar-refractivity contribution in [3.8, 4) is 5.69 Å². The second-order valence-electron chi connectivity index (χ2n) is 2.75. The zero-order valence-electron chi connectivity index (χ0n) is 7.19. The molecule has 0 aliphatic heterocycles. The number of nitrogens with zero attached hydrogens (tertiary/aromatic N) is 3. The lowest BCUT2D eigenvalue weighted by molar-refractivity contribution is 0.625. The fourth-order valence-electron chi connectivity index (χ4n) is 1.22. The van der Waals surface area contributed by atoms with Gasteiger partial charge in [0, 0.05) is 5.88 Å². The van der Waals surface area contributed by atoms with Crippen molar-refractivity contribution in [2.75, 3.05) is 0 Å². The van der Waals surface area contributed by atoms with Crippen LogP contribution in [-0.4, -0.2) is 14.8 Å². The highest BCUT2D eigenvalue weighted by Gasteiger charge is 2.05. The maximum atomic E-state index is 12.9. The minimum Gasteiger partial charge on any atom is -0.223 e. The highest BCUT2D eigenvalue weighted by molar-refractivity contribution is 6.17. The Morgan fingerprint density at radius 1 is 1.43 bits per heavy atom. The second kappa shape index (κ2) is 3.75. The number of rotatable bonds is 2. The lowest BCUT2D eigenvalue weighted by atomic mass is 10.2. The molecule has 72 valence electrons. The minimum atomic E-state index is -0.301. The molecule has 0 saturated heterocycles. The van der Waals surface area contributed by atoms with E-state index in [-0.39, 0.29) is 11.7 Å². The first-order valence-electron chi connectivity index (χ1n) is 4.00. The van der Waals surface area contributed by atoms with E-state index in [1.807, 2.05) is 0 Å². The Bertz CT molecular complexity index is 428. The molecule has 0 atom stereocenters. The topological polar surface area (TPSA) is 30.7 Å². The molecular weight excluding hydrogens is 205 g/mol. The van der Waals surface area contributed by atoms with E-state index in [2.05, 4.69) is 10.1 Å². The zero-order chi connectivity index (χ0) is 9.97. The SMILES string of the molecule is Fc1ccc(-n2cncn2)c(CCl)c1. The summed E-state index contributed by atoms with van der Waals surface area (Å²) in [6, 6.07) is 4.39. The van der Waals surface area contributed by atoms with Crippen LogP contribution in [0.5, 0.6) is 0 Å². The van der Waals surface area contributed by atoms with Gasteiger partial charge in [0.1, 0.15) is 18.5 Å².